The van der Waals surface area contributed by atoms with Gasteiger partial charge in [-0.15, -0.1) is 0 Å². The molecule has 2 heterocycles. The van der Waals surface area contributed by atoms with Gasteiger partial charge in [-0.3, -0.25) is 9.69 Å². The molecular formula is C20H24N2OS. The normalized spacial score (nSPS) is 24.6. The average molecular weight is 340 g/mol. The maximum absolute atomic E-state index is 12.8. The number of hydrogen-bond acceptors (Lipinski definition) is 3. The molecule has 2 aliphatic rings. The Labute approximate surface area is 147 Å². The quantitative estimate of drug-likeness (QED) is 0.849. The molecule has 1 aromatic carbocycles. The van der Waals surface area contributed by atoms with Gasteiger partial charge in [-0.1, -0.05) is 30.3 Å². The van der Waals surface area contributed by atoms with Crippen LogP contribution in [0.1, 0.15) is 29.9 Å². The van der Waals surface area contributed by atoms with Crippen LogP contribution in [0.4, 0.5) is 0 Å². The highest BCUT2D eigenvalue weighted by Crippen LogP contribution is 2.48. The van der Waals surface area contributed by atoms with Crippen molar-refractivity contribution in [2.75, 3.05) is 26.2 Å². The predicted octanol–water partition coefficient (Wildman–Crippen LogP) is 3.59. The molecule has 1 aliphatic heterocycles. The zero-order valence-electron chi connectivity index (χ0n) is 13.9. The largest absolute Gasteiger partial charge is 0.341 e. The Bertz CT molecular complexity index is 670. The Morgan fingerprint density at radius 3 is 2.75 bits per heavy atom. The smallest absolute Gasteiger partial charge is 0.226 e. The maximum atomic E-state index is 12.8. The van der Waals surface area contributed by atoms with E-state index in [4.69, 9.17) is 0 Å². The molecule has 2 fully saturated rings. The molecule has 2 atom stereocenters. The van der Waals surface area contributed by atoms with E-state index in [1.807, 2.05) is 6.07 Å². The van der Waals surface area contributed by atoms with Crippen molar-refractivity contribution < 1.29 is 4.79 Å². The molecule has 0 N–H and O–H groups in total. The van der Waals surface area contributed by atoms with Crippen LogP contribution >= 0.6 is 11.3 Å². The van der Waals surface area contributed by atoms with Gasteiger partial charge in [0.25, 0.3) is 0 Å². The molecule has 3 nitrogen and oxygen atoms in total. The summed E-state index contributed by atoms with van der Waals surface area (Å²) >= 11 is 1.76. The average Bonchev–Trinajstić information content (AvgIpc) is 3.32. The van der Waals surface area contributed by atoms with Crippen LogP contribution in [0.2, 0.25) is 0 Å². The van der Waals surface area contributed by atoms with E-state index in [1.165, 1.54) is 11.1 Å². The van der Waals surface area contributed by atoms with Crippen molar-refractivity contribution in [2.45, 2.75) is 25.3 Å². The Morgan fingerprint density at radius 2 is 1.96 bits per heavy atom. The number of nitrogens with zero attached hydrogens (tertiary/aromatic N) is 2. The minimum atomic E-state index is 0.218. The van der Waals surface area contributed by atoms with Crippen LogP contribution in [0.15, 0.2) is 47.2 Å². The number of carbonyl (C=O) groups is 1. The topological polar surface area (TPSA) is 23.6 Å². The number of carbonyl (C=O) groups excluding carboxylic acids is 1. The van der Waals surface area contributed by atoms with E-state index >= 15 is 0 Å². The van der Waals surface area contributed by atoms with Gasteiger partial charge in [0, 0.05) is 38.6 Å². The van der Waals surface area contributed by atoms with Gasteiger partial charge in [0.1, 0.15) is 0 Å². The van der Waals surface area contributed by atoms with E-state index in [-0.39, 0.29) is 5.92 Å². The van der Waals surface area contributed by atoms with Crippen molar-refractivity contribution in [3.63, 3.8) is 0 Å². The van der Waals surface area contributed by atoms with Gasteiger partial charge in [-0.2, -0.15) is 11.3 Å². The molecule has 4 heteroatoms. The first-order valence-corrected chi connectivity index (χ1v) is 9.83. The molecule has 126 valence electrons. The highest BCUT2D eigenvalue weighted by atomic mass is 32.1. The summed E-state index contributed by atoms with van der Waals surface area (Å²) in [6.45, 7) is 4.89. The third-order valence-corrected chi connectivity index (χ3v) is 5.95. The van der Waals surface area contributed by atoms with Crippen LogP contribution in [0.3, 0.4) is 0 Å². The summed E-state index contributed by atoms with van der Waals surface area (Å²) in [6, 6.07) is 12.7. The number of benzene rings is 1. The second kappa shape index (κ2) is 7.08. The van der Waals surface area contributed by atoms with E-state index in [1.54, 1.807) is 11.3 Å². The second-order valence-corrected chi connectivity index (χ2v) is 7.73. The van der Waals surface area contributed by atoms with Gasteiger partial charge in [-0.25, -0.2) is 0 Å². The Morgan fingerprint density at radius 1 is 1.08 bits per heavy atom. The molecule has 0 spiro atoms. The van der Waals surface area contributed by atoms with E-state index in [0.717, 1.165) is 45.6 Å². The molecule has 24 heavy (non-hydrogen) atoms. The SMILES string of the molecule is O=C([C@@H]1C[C@H]1c1ccccc1)N1CCCN(Cc2ccsc2)CC1. The summed E-state index contributed by atoms with van der Waals surface area (Å²) in [5.41, 5.74) is 2.72. The van der Waals surface area contributed by atoms with Gasteiger partial charge in [0.2, 0.25) is 5.91 Å². The van der Waals surface area contributed by atoms with Crippen molar-refractivity contribution in [2.24, 2.45) is 5.92 Å². The lowest BCUT2D eigenvalue weighted by Crippen LogP contribution is -2.36. The molecule has 2 aromatic rings. The molecule has 1 amide bonds. The lowest BCUT2D eigenvalue weighted by Gasteiger charge is -2.22. The lowest BCUT2D eigenvalue weighted by molar-refractivity contribution is -0.132. The Balaban J connectivity index is 1.32. The first kappa shape index (κ1) is 15.9. The molecule has 1 saturated heterocycles. The fourth-order valence-electron chi connectivity index (χ4n) is 3.76. The summed E-state index contributed by atoms with van der Waals surface area (Å²) in [4.78, 5) is 17.4. The van der Waals surface area contributed by atoms with Crippen molar-refractivity contribution in [3.05, 3.63) is 58.3 Å². The molecule has 1 aromatic heterocycles. The summed E-state index contributed by atoms with van der Waals surface area (Å²) in [7, 11) is 0. The molecule has 0 bridgehead atoms. The van der Waals surface area contributed by atoms with Gasteiger partial charge in [0.15, 0.2) is 0 Å². The van der Waals surface area contributed by atoms with Crippen LogP contribution in [-0.4, -0.2) is 41.9 Å². The highest BCUT2D eigenvalue weighted by molar-refractivity contribution is 7.07. The molecule has 0 radical (unpaired) electrons. The van der Waals surface area contributed by atoms with E-state index in [0.29, 0.717) is 11.8 Å². The second-order valence-electron chi connectivity index (χ2n) is 6.95. The van der Waals surface area contributed by atoms with Gasteiger partial charge < -0.3 is 4.90 Å². The van der Waals surface area contributed by atoms with E-state index < -0.39 is 0 Å². The molecule has 0 unspecified atom stereocenters. The minimum Gasteiger partial charge on any atom is -0.341 e. The maximum Gasteiger partial charge on any atom is 0.226 e. The summed E-state index contributed by atoms with van der Waals surface area (Å²) < 4.78 is 0. The first-order valence-electron chi connectivity index (χ1n) is 8.88. The van der Waals surface area contributed by atoms with E-state index in [2.05, 4.69) is 50.9 Å². The zero-order chi connectivity index (χ0) is 16.4. The molecule has 4 rings (SSSR count). The third kappa shape index (κ3) is 3.55. The molecule has 1 saturated carbocycles. The third-order valence-electron chi connectivity index (χ3n) is 5.22. The van der Waals surface area contributed by atoms with Crippen LogP contribution in [0.5, 0.6) is 0 Å². The van der Waals surface area contributed by atoms with Gasteiger partial charge >= 0.3 is 0 Å². The van der Waals surface area contributed by atoms with Gasteiger partial charge in [0.05, 0.1) is 0 Å². The summed E-state index contributed by atoms with van der Waals surface area (Å²) in [5.74, 6) is 1.04. The summed E-state index contributed by atoms with van der Waals surface area (Å²) in [6.07, 6.45) is 2.11. The Hall–Kier alpha value is -1.65. The zero-order valence-corrected chi connectivity index (χ0v) is 14.8. The monoisotopic (exact) mass is 340 g/mol. The van der Waals surface area contributed by atoms with E-state index in [9.17, 15) is 4.79 Å². The number of thiophene rings is 1. The fraction of sp³-hybridized carbons (Fsp3) is 0.450. The predicted molar refractivity (Wildman–Crippen MR) is 98.1 cm³/mol. The first-order chi connectivity index (χ1) is 11.8. The van der Waals surface area contributed by atoms with Crippen molar-refractivity contribution in [1.82, 2.24) is 9.80 Å². The van der Waals surface area contributed by atoms with Crippen molar-refractivity contribution in [3.8, 4) is 0 Å². The van der Waals surface area contributed by atoms with Gasteiger partial charge in [-0.05, 0) is 46.7 Å². The van der Waals surface area contributed by atoms with Crippen molar-refractivity contribution >= 4 is 17.2 Å². The number of amides is 1. The number of hydrogen-bond donors (Lipinski definition) is 0. The molecular weight excluding hydrogens is 316 g/mol. The Kier molecular flexibility index (Phi) is 4.67. The summed E-state index contributed by atoms with van der Waals surface area (Å²) in [5, 5.41) is 4.36. The van der Waals surface area contributed by atoms with Crippen LogP contribution in [-0.2, 0) is 11.3 Å². The molecule has 1 aliphatic carbocycles. The fourth-order valence-corrected chi connectivity index (χ4v) is 4.42. The minimum absolute atomic E-state index is 0.218. The van der Waals surface area contributed by atoms with Crippen molar-refractivity contribution in [1.29, 1.82) is 0 Å². The van der Waals surface area contributed by atoms with Crippen LogP contribution in [0.25, 0.3) is 0 Å². The standard InChI is InChI=1S/C20H24N2OS/c23-20(19-13-18(19)17-5-2-1-3-6-17)22-9-4-8-21(10-11-22)14-16-7-12-24-15-16/h1-3,5-7,12,15,18-19H,4,8-11,13-14H2/t18-,19+/m0/s1. The highest BCUT2D eigenvalue weighted by Gasteiger charge is 2.45. The number of rotatable bonds is 4. The van der Waals surface area contributed by atoms with Crippen LogP contribution in [0, 0.1) is 5.92 Å². The lowest BCUT2D eigenvalue weighted by atomic mass is 10.1. The van der Waals surface area contributed by atoms with Crippen LogP contribution < -0.4 is 0 Å².